The molecule has 72 valence electrons. The van der Waals surface area contributed by atoms with E-state index in [2.05, 4.69) is 20.8 Å². The molecule has 2 heterocycles. The van der Waals surface area contributed by atoms with Gasteiger partial charge in [0.05, 0.1) is 11.4 Å². The highest BCUT2D eigenvalue weighted by atomic mass is 32.2. The zero-order chi connectivity index (χ0) is 9.26. The molecule has 1 fully saturated rings. The minimum absolute atomic E-state index is 0.157. The third-order valence-electron chi connectivity index (χ3n) is 1.97. The van der Waals surface area contributed by atoms with Crippen molar-refractivity contribution in [2.75, 3.05) is 13.1 Å². The maximum Gasteiger partial charge on any atom is 0.209 e. The zero-order valence-electron chi connectivity index (χ0n) is 7.21. The SMILES string of the molecule is Cn1nnnc1SC1CNCC1O. The average Bonchev–Trinajstić information content (AvgIpc) is 2.65. The van der Waals surface area contributed by atoms with Gasteiger partial charge in [0, 0.05) is 20.1 Å². The molecule has 2 unspecified atom stereocenters. The van der Waals surface area contributed by atoms with Gasteiger partial charge in [-0.2, -0.15) is 0 Å². The fraction of sp³-hybridized carbons (Fsp3) is 0.833. The lowest BCUT2D eigenvalue weighted by atomic mass is 10.3. The molecule has 7 heteroatoms. The van der Waals surface area contributed by atoms with Crippen LogP contribution in [0.15, 0.2) is 5.16 Å². The van der Waals surface area contributed by atoms with E-state index in [4.69, 9.17) is 0 Å². The Kier molecular flexibility index (Phi) is 2.47. The number of aromatic nitrogens is 4. The summed E-state index contributed by atoms with van der Waals surface area (Å²) in [5.41, 5.74) is 0. The number of tetrazole rings is 1. The van der Waals surface area contributed by atoms with Gasteiger partial charge in [0.2, 0.25) is 5.16 Å². The second-order valence-electron chi connectivity index (χ2n) is 2.97. The first-order valence-corrected chi connectivity index (χ1v) is 4.93. The number of aryl methyl sites for hydroxylation is 1. The Labute approximate surface area is 79.7 Å². The molecule has 0 aliphatic carbocycles. The van der Waals surface area contributed by atoms with Crippen molar-refractivity contribution in [2.24, 2.45) is 7.05 Å². The van der Waals surface area contributed by atoms with Crippen molar-refractivity contribution in [3.8, 4) is 0 Å². The maximum absolute atomic E-state index is 9.52. The number of hydrogen-bond donors (Lipinski definition) is 2. The molecule has 0 spiro atoms. The van der Waals surface area contributed by atoms with E-state index in [1.54, 1.807) is 11.7 Å². The van der Waals surface area contributed by atoms with Crippen LogP contribution in [-0.4, -0.2) is 49.8 Å². The molecule has 1 aromatic rings. The summed E-state index contributed by atoms with van der Waals surface area (Å²) in [4.78, 5) is 0. The number of thioether (sulfide) groups is 1. The molecule has 0 bridgehead atoms. The summed E-state index contributed by atoms with van der Waals surface area (Å²) in [5, 5.41) is 24.6. The normalized spacial score (nSPS) is 28.2. The van der Waals surface area contributed by atoms with Crippen LogP contribution in [0.4, 0.5) is 0 Å². The predicted octanol–water partition coefficient (Wildman–Crippen LogP) is -1.37. The molecular formula is C6H11N5OS. The zero-order valence-corrected chi connectivity index (χ0v) is 8.03. The van der Waals surface area contributed by atoms with Gasteiger partial charge >= 0.3 is 0 Å². The van der Waals surface area contributed by atoms with Crippen molar-refractivity contribution >= 4 is 11.8 Å². The van der Waals surface area contributed by atoms with E-state index in [-0.39, 0.29) is 11.4 Å². The molecule has 6 nitrogen and oxygen atoms in total. The Morgan fingerprint density at radius 2 is 2.46 bits per heavy atom. The summed E-state index contributed by atoms with van der Waals surface area (Å²) < 4.78 is 1.61. The van der Waals surface area contributed by atoms with Crippen LogP contribution in [-0.2, 0) is 7.05 Å². The van der Waals surface area contributed by atoms with E-state index < -0.39 is 0 Å². The van der Waals surface area contributed by atoms with Gasteiger partial charge in [0.1, 0.15) is 0 Å². The summed E-state index contributed by atoms with van der Waals surface area (Å²) in [5.74, 6) is 0. The van der Waals surface area contributed by atoms with E-state index in [1.165, 1.54) is 11.8 Å². The smallest absolute Gasteiger partial charge is 0.209 e. The van der Waals surface area contributed by atoms with E-state index in [0.717, 1.165) is 11.7 Å². The van der Waals surface area contributed by atoms with Crippen LogP contribution >= 0.6 is 11.8 Å². The molecular weight excluding hydrogens is 190 g/mol. The first kappa shape index (κ1) is 8.92. The van der Waals surface area contributed by atoms with Gasteiger partial charge in [0.15, 0.2) is 0 Å². The number of nitrogens with zero attached hydrogens (tertiary/aromatic N) is 4. The van der Waals surface area contributed by atoms with Crippen molar-refractivity contribution in [3.63, 3.8) is 0 Å². The molecule has 2 rings (SSSR count). The van der Waals surface area contributed by atoms with Crippen LogP contribution in [0, 0.1) is 0 Å². The molecule has 1 saturated heterocycles. The van der Waals surface area contributed by atoms with Crippen LogP contribution in [0.3, 0.4) is 0 Å². The lowest BCUT2D eigenvalue weighted by Crippen LogP contribution is -2.20. The van der Waals surface area contributed by atoms with Gasteiger partial charge in [-0.15, -0.1) is 5.10 Å². The van der Waals surface area contributed by atoms with Crippen LogP contribution in [0.2, 0.25) is 0 Å². The highest BCUT2D eigenvalue weighted by molar-refractivity contribution is 7.99. The molecule has 1 aromatic heterocycles. The van der Waals surface area contributed by atoms with Crippen LogP contribution in [0.5, 0.6) is 0 Å². The Hall–Kier alpha value is -0.660. The maximum atomic E-state index is 9.52. The van der Waals surface area contributed by atoms with Gasteiger partial charge in [0.25, 0.3) is 0 Å². The van der Waals surface area contributed by atoms with Crippen molar-refractivity contribution in [1.29, 1.82) is 0 Å². The molecule has 0 aromatic carbocycles. The summed E-state index contributed by atoms with van der Waals surface area (Å²) >= 11 is 1.51. The molecule has 0 radical (unpaired) electrons. The third kappa shape index (κ3) is 1.82. The first-order chi connectivity index (χ1) is 6.27. The fourth-order valence-electron chi connectivity index (χ4n) is 1.22. The standard InChI is InChI=1S/C6H11N5OS/c1-11-6(8-9-10-11)13-5-3-7-2-4(5)12/h4-5,7,12H,2-3H2,1H3. The van der Waals surface area contributed by atoms with Gasteiger partial charge in [-0.3, -0.25) is 0 Å². The topological polar surface area (TPSA) is 75.9 Å². The summed E-state index contributed by atoms with van der Waals surface area (Å²) in [6.45, 7) is 1.46. The molecule has 0 amide bonds. The van der Waals surface area contributed by atoms with Gasteiger partial charge in [-0.1, -0.05) is 11.8 Å². The minimum Gasteiger partial charge on any atom is -0.391 e. The largest absolute Gasteiger partial charge is 0.391 e. The first-order valence-electron chi connectivity index (χ1n) is 4.05. The Bertz CT molecular complexity index is 290. The highest BCUT2D eigenvalue weighted by Crippen LogP contribution is 2.24. The van der Waals surface area contributed by atoms with E-state index in [1.807, 2.05) is 0 Å². The Morgan fingerprint density at radius 3 is 3.00 bits per heavy atom. The third-order valence-corrected chi connectivity index (χ3v) is 3.31. The lowest BCUT2D eigenvalue weighted by Gasteiger charge is -2.10. The number of rotatable bonds is 2. The van der Waals surface area contributed by atoms with Crippen LogP contribution in [0.25, 0.3) is 0 Å². The quantitative estimate of drug-likeness (QED) is 0.615. The molecule has 1 aliphatic rings. The fourth-order valence-corrected chi connectivity index (χ4v) is 2.22. The van der Waals surface area contributed by atoms with Gasteiger partial charge in [-0.05, 0) is 10.4 Å². The number of β-amino-alcohol motifs (C(OH)–C–C–N with tert-alkyl or cyclic N) is 1. The predicted molar refractivity (Wildman–Crippen MR) is 47.3 cm³/mol. The number of hydrogen-bond acceptors (Lipinski definition) is 6. The van der Waals surface area contributed by atoms with Crippen molar-refractivity contribution in [3.05, 3.63) is 0 Å². The summed E-state index contributed by atoms with van der Waals surface area (Å²) in [7, 11) is 1.79. The molecule has 1 aliphatic heterocycles. The number of aliphatic hydroxyl groups is 1. The monoisotopic (exact) mass is 201 g/mol. The highest BCUT2D eigenvalue weighted by Gasteiger charge is 2.27. The van der Waals surface area contributed by atoms with Gasteiger partial charge in [-0.25, -0.2) is 4.68 Å². The lowest BCUT2D eigenvalue weighted by molar-refractivity contribution is 0.201. The number of aliphatic hydroxyl groups excluding tert-OH is 1. The van der Waals surface area contributed by atoms with Crippen molar-refractivity contribution in [1.82, 2.24) is 25.5 Å². The van der Waals surface area contributed by atoms with E-state index in [9.17, 15) is 5.11 Å². The number of nitrogens with one attached hydrogen (secondary N) is 1. The van der Waals surface area contributed by atoms with Crippen molar-refractivity contribution < 1.29 is 5.11 Å². The minimum atomic E-state index is -0.304. The van der Waals surface area contributed by atoms with Gasteiger partial charge < -0.3 is 10.4 Å². The molecule has 2 N–H and O–H groups in total. The van der Waals surface area contributed by atoms with Crippen LogP contribution in [0.1, 0.15) is 0 Å². The molecule has 2 atom stereocenters. The second kappa shape index (κ2) is 3.60. The van der Waals surface area contributed by atoms with E-state index in [0.29, 0.717) is 6.54 Å². The summed E-state index contributed by atoms with van der Waals surface area (Å²) in [6, 6.07) is 0. The van der Waals surface area contributed by atoms with Crippen LogP contribution < -0.4 is 5.32 Å². The molecule has 0 saturated carbocycles. The Balaban J connectivity index is 2.01. The second-order valence-corrected chi connectivity index (χ2v) is 4.17. The molecule has 13 heavy (non-hydrogen) atoms. The van der Waals surface area contributed by atoms with E-state index >= 15 is 0 Å². The Morgan fingerprint density at radius 1 is 1.62 bits per heavy atom. The average molecular weight is 201 g/mol. The summed E-state index contributed by atoms with van der Waals surface area (Å²) in [6.07, 6.45) is -0.304. The van der Waals surface area contributed by atoms with Crippen molar-refractivity contribution in [2.45, 2.75) is 16.5 Å².